The van der Waals surface area contributed by atoms with Crippen LogP contribution in [0, 0.1) is 25.2 Å². The van der Waals surface area contributed by atoms with Crippen molar-refractivity contribution in [3.63, 3.8) is 0 Å². The highest BCUT2D eigenvalue weighted by Crippen LogP contribution is 2.29. The third kappa shape index (κ3) is 3.84. The van der Waals surface area contributed by atoms with E-state index in [1.54, 1.807) is 6.20 Å². The Bertz CT molecular complexity index is 993. The minimum atomic E-state index is 0.539. The molecule has 4 heteroatoms. The standard InChI is InChI=1S/C22H21N3S/c1-4-17-7-5-6-8-20(17)24-13-18(12-23)22-25-21(14-26-22)19-10-9-15(2)11-16(19)3/h5-11,13-14,24H,4H2,1-3H3. The predicted molar refractivity (Wildman–Crippen MR) is 110 cm³/mol. The minimum Gasteiger partial charge on any atom is -0.360 e. The molecule has 1 N–H and O–H groups in total. The molecule has 0 aliphatic rings. The van der Waals surface area contributed by atoms with Crippen molar-refractivity contribution in [2.45, 2.75) is 27.2 Å². The van der Waals surface area contributed by atoms with Gasteiger partial charge in [0.25, 0.3) is 0 Å². The summed E-state index contributed by atoms with van der Waals surface area (Å²) in [6.45, 7) is 6.29. The van der Waals surface area contributed by atoms with Crippen LogP contribution < -0.4 is 5.32 Å². The van der Waals surface area contributed by atoms with Gasteiger partial charge in [-0.3, -0.25) is 0 Å². The molecule has 26 heavy (non-hydrogen) atoms. The lowest BCUT2D eigenvalue weighted by Crippen LogP contribution is -1.95. The number of nitriles is 1. The number of nitrogens with zero attached hydrogens (tertiary/aromatic N) is 2. The number of anilines is 1. The minimum absolute atomic E-state index is 0.539. The van der Waals surface area contributed by atoms with Crippen LogP contribution in [0.4, 0.5) is 5.69 Å². The van der Waals surface area contributed by atoms with E-state index < -0.39 is 0 Å². The van der Waals surface area contributed by atoms with Crippen molar-refractivity contribution >= 4 is 22.6 Å². The lowest BCUT2D eigenvalue weighted by Gasteiger charge is -2.07. The first-order valence-corrected chi connectivity index (χ1v) is 9.48. The van der Waals surface area contributed by atoms with Crippen molar-refractivity contribution < 1.29 is 0 Å². The van der Waals surface area contributed by atoms with Crippen LogP contribution in [0.3, 0.4) is 0 Å². The first-order chi connectivity index (χ1) is 12.6. The monoisotopic (exact) mass is 359 g/mol. The van der Waals surface area contributed by atoms with E-state index in [0.29, 0.717) is 5.57 Å². The van der Waals surface area contributed by atoms with Gasteiger partial charge in [-0.2, -0.15) is 5.26 Å². The van der Waals surface area contributed by atoms with E-state index in [1.807, 2.05) is 23.6 Å². The molecule has 0 fully saturated rings. The van der Waals surface area contributed by atoms with Crippen molar-refractivity contribution in [1.29, 1.82) is 5.26 Å². The van der Waals surface area contributed by atoms with Crippen LogP contribution in [0.15, 0.2) is 54.0 Å². The Hall–Kier alpha value is -2.90. The molecule has 0 bridgehead atoms. The van der Waals surface area contributed by atoms with Gasteiger partial charge < -0.3 is 5.32 Å². The van der Waals surface area contributed by atoms with Gasteiger partial charge in [0.2, 0.25) is 0 Å². The number of aryl methyl sites for hydroxylation is 3. The second kappa shape index (κ2) is 7.99. The lowest BCUT2D eigenvalue weighted by atomic mass is 10.0. The molecule has 0 spiro atoms. The number of nitrogens with one attached hydrogen (secondary N) is 1. The first-order valence-electron chi connectivity index (χ1n) is 8.60. The van der Waals surface area contributed by atoms with E-state index in [0.717, 1.165) is 28.4 Å². The Morgan fingerprint density at radius 2 is 2.04 bits per heavy atom. The number of para-hydroxylation sites is 1. The Morgan fingerprint density at radius 1 is 1.23 bits per heavy atom. The molecular weight excluding hydrogens is 338 g/mol. The summed E-state index contributed by atoms with van der Waals surface area (Å²) in [6, 6.07) is 16.7. The van der Waals surface area contributed by atoms with E-state index in [-0.39, 0.29) is 0 Å². The molecule has 3 nitrogen and oxygen atoms in total. The molecule has 0 saturated carbocycles. The fourth-order valence-electron chi connectivity index (χ4n) is 2.88. The second-order valence-corrected chi connectivity index (χ2v) is 7.04. The molecule has 0 aliphatic heterocycles. The normalized spacial score (nSPS) is 11.2. The van der Waals surface area contributed by atoms with Crippen molar-refractivity contribution in [2.24, 2.45) is 0 Å². The van der Waals surface area contributed by atoms with Crippen LogP contribution in [-0.4, -0.2) is 4.98 Å². The largest absolute Gasteiger partial charge is 0.360 e. The Balaban J connectivity index is 1.87. The van der Waals surface area contributed by atoms with Crippen LogP contribution in [0.2, 0.25) is 0 Å². The number of thiazole rings is 1. The van der Waals surface area contributed by atoms with Crippen molar-refractivity contribution in [3.05, 3.63) is 75.7 Å². The molecule has 3 aromatic rings. The van der Waals surface area contributed by atoms with Crippen LogP contribution in [-0.2, 0) is 6.42 Å². The molecule has 130 valence electrons. The molecule has 0 radical (unpaired) electrons. The van der Waals surface area contributed by atoms with Gasteiger partial charge in [-0.1, -0.05) is 48.9 Å². The van der Waals surface area contributed by atoms with Crippen LogP contribution in [0.5, 0.6) is 0 Å². The average molecular weight is 359 g/mol. The molecule has 1 heterocycles. The molecule has 3 rings (SSSR count). The fourth-order valence-corrected chi connectivity index (χ4v) is 3.67. The second-order valence-electron chi connectivity index (χ2n) is 6.18. The van der Waals surface area contributed by atoms with Gasteiger partial charge in [0.1, 0.15) is 16.6 Å². The van der Waals surface area contributed by atoms with Crippen LogP contribution in [0.1, 0.15) is 28.6 Å². The number of rotatable bonds is 5. The van der Waals surface area contributed by atoms with Crippen molar-refractivity contribution in [1.82, 2.24) is 4.98 Å². The highest BCUT2D eigenvalue weighted by molar-refractivity contribution is 7.11. The zero-order valence-corrected chi connectivity index (χ0v) is 16.0. The average Bonchev–Trinajstić information content (AvgIpc) is 3.12. The van der Waals surface area contributed by atoms with Crippen molar-refractivity contribution in [2.75, 3.05) is 5.32 Å². The van der Waals surface area contributed by atoms with Gasteiger partial charge in [-0.15, -0.1) is 11.3 Å². The quantitative estimate of drug-likeness (QED) is 0.571. The van der Waals surface area contributed by atoms with E-state index >= 15 is 0 Å². The number of allylic oxidation sites excluding steroid dienone is 1. The van der Waals surface area contributed by atoms with Gasteiger partial charge in [0, 0.05) is 22.8 Å². The Kier molecular flexibility index (Phi) is 5.50. The zero-order valence-electron chi connectivity index (χ0n) is 15.2. The van der Waals surface area contributed by atoms with Gasteiger partial charge in [-0.25, -0.2) is 4.98 Å². The first kappa shape index (κ1) is 17.9. The van der Waals surface area contributed by atoms with E-state index in [2.05, 4.69) is 61.4 Å². The maximum absolute atomic E-state index is 9.56. The highest BCUT2D eigenvalue weighted by atomic mass is 32.1. The topological polar surface area (TPSA) is 48.7 Å². The van der Waals surface area contributed by atoms with Gasteiger partial charge in [-0.05, 0) is 37.5 Å². The van der Waals surface area contributed by atoms with E-state index in [9.17, 15) is 5.26 Å². The summed E-state index contributed by atoms with van der Waals surface area (Å²) in [5.74, 6) is 0. The number of aromatic nitrogens is 1. The number of benzene rings is 2. The molecule has 0 unspecified atom stereocenters. The van der Waals surface area contributed by atoms with Gasteiger partial charge in [0.05, 0.1) is 5.69 Å². The summed E-state index contributed by atoms with van der Waals surface area (Å²) in [5.41, 5.74) is 7.23. The molecule has 0 amide bonds. The summed E-state index contributed by atoms with van der Waals surface area (Å²) < 4.78 is 0. The molecule has 2 aromatic carbocycles. The molecule has 0 aliphatic carbocycles. The summed E-state index contributed by atoms with van der Waals surface area (Å²) in [7, 11) is 0. The van der Waals surface area contributed by atoms with Gasteiger partial charge >= 0.3 is 0 Å². The van der Waals surface area contributed by atoms with Crippen LogP contribution in [0.25, 0.3) is 16.8 Å². The SMILES string of the molecule is CCc1ccccc1NC=C(C#N)c1nc(-c2ccc(C)cc2C)cs1. The van der Waals surface area contributed by atoms with Gasteiger partial charge in [0.15, 0.2) is 0 Å². The summed E-state index contributed by atoms with van der Waals surface area (Å²) in [6.07, 6.45) is 2.69. The van der Waals surface area contributed by atoms with E-state index in [4.69, 9.17) is 0 Å². The molecule has 0 saturated heterocycles. The third-order valence-corrected chi connectivity index (χ3v) is 5.16. The Morgan fingerprint density at radius 3 is 2.77 bits per heavy atom. The summed E-state index contributed by atoms with van der Waals surface area (Å²) in [4.78, 5) is 4.68. The fraction of sp³-hybridized carbons (Fsp3) is 0.182. The predicted octanol–water partition coefficient (Wildman–Crippen LogP) is 5.97. The zero-order chi connectivity index (χ0) is 18.5. The number of hydrogen-bond acceptors (Lipinski definition) is 4. The molecule has 1 aromatic heterocycles. The molecular formula is C22H21N3S. The summed E-state index contributed by atoms with van der Waals surface area (Å²) in [5, 5.41) is 15.6. The maximum atomic E-state index is 9.56. The Labute approximate surface area is 158 Å². The summed E-state index contributed by atoms with van der Waals surface area (Å²) >= 11 is 1.49. The lowest BCUT2D eigenvalue weighted by molar-refractivity contribution is 1.14. The molecule has 0 atom stereocenters. The van der Waals surface area contributed by atoms with Crippen molar-refractivity contribution in [3.8, 4) is 17.3 Å². The highest BCUT2D eigenvalue weighted by Gasteiger charge is 2.11. The number of hydrogen-bond donors (Lipinski definition) is 1. The van der Waals surface area contributed by atoms with E-state index in [1.165, 1.54) is 28.0 Å². The third-order valence-electron chi connectivity index (χ3n) is 4.28. The van der Waals surface area contributed by atoms with Crippen LogP contribution >= 0.6 is 11.3 Å². The maximum Gasteiger partial charge on any atom is 0.136 e. The smallest absolute Gasteiger partial charge is 0.136 e.